The first-order chi connectivity index (χ1) is 15.3. The molecule has 0 spiro atoms. The molecule has 1 fully saturated rings. The van der Waals surface area contributed by atoms with Gasteiger partial charge < -0.3 is 5.73 Å². The van der Waals surface area contributed by atoms with Crippen LogP contribution in [0.4, 0.5) is 5.82 Å². The Morgan fingerprint density at radius 2 is 1.78 bits per heavy atom. The third-order valence-corrected chi connectivity index (χ3v) is 8.72. The number of rotatable bonds is 4. The second kappa shape index (κ2) is 8.00. The van der Waals surface area contributed by atoms with Crippen LogP contribution in [-0.4, -0.2) is 44.3 Å². The maximum atomic E-state index is 11.9. The summed E-state index contributed by atoms with van der Waals surface area (Å²) in [6, 6.07) is 9.89. The first-order valence-corrected chi connectivity index (χ1v) is 13.2. The van der Waals surface area contributed by atoms with Gasteiger partial charge >= 0.3 is 0 Å². The van der Waals surface area contributed by atoms with Crippen molar-refractivity contribution >= 4 is 37.2 Å². The molecule has 2 N–H and O–H groups in total. The van der Waals surface area contributed by atoms with Gasteiger partial charge in [0.25, 0.3) is 0 Å². The Hall–Kier alpha value is -2.72. The van der Waals surface area contributed by atoms with Crippen LogP contribution in [0.3, 0.4) is 0 Å². The number of aromatic nitrogens is 5. The van der Waals surface area contributed by atoms with Crippen molar-refractivity contribution in [2.75, 3.05) is 12.0 Å². The van der Waals surface area contributed by atoms with Gasteiger partial charge in [-0.25, -0.2) is 18.1 Å². The lowest BCUT2D eigenvalue weighted by Crippen LogP contribution is -2.26. The van der Waals surface area contributed by atoms with Crippen LogP contribution in [0, 0.1) is 0 Å². The smallest absolute Gasteiger partial charge is 0.165 e. The third-order valence-electron chi connectivity index (χ3n) is 6.23. The van der Waals surface area contributed by atoms with E-state index in [1.165, 1.54) is 6.26 Å². The number of nitrogens with zero attached hydrogens (tertiary/aromatic N) is 5. The Kier molecular flexibility index (Phi) is 5.29. The zero-order valence-corrected chi connectivity index (χ0v) is 19.9. The summed E-state index contributed by atoms with van der Waals surface area (Å²) in [5, 5.41) is 8.67. The first-order valence-electron chi connectivity index (χ1n) is 10.4. The van der Waals surface area contributed by atoms with Gasteiger partial charge in [0.05, 0.1) is 33.5 Å². The van der Waals surface area contributed by atoms with Crippen molar-refractivity contribution in [1.29, 1.82) is 0 Å². The number of para-hydroxylation sites is 1. The van der Waals surface area contributed by atoms with Crippen LogP contribution >= 0.6 is 15.9 Å². The Morgan fingerprint density at radius 3 is 2.47 bits per heavy atom. The molecule has 32 heavy (non-hydrogen) atoms. The molecular weight excluding hydrogens is 492 g/mol. The monoisotopic (exact) mass is 514 g/mol. The zero-order chi connectivity index (χ0) is 22.5. The molecule has 1 aliphatic carbocycles. The normalized spacial score (nSPS) is 19.4. The van der Waals surface area contributed by atoms with Crippen LogP contribution in [0.2, 0.25) is 0 Å². The van der Waals surface area contributed by atoms with Gasteiger partial charge in [-0.3, -0.25) is 0 Å². The predicted octanol–water partition coefficient (Wildman–Crippen LogP) is 4.00. The molecule has 4 aromatic rings. The quantitative estimate of drug-likeness (QED) is 0.440. The Labute approximate surface area is 194 Å². The number of benzene rings is 1. The second-order valence-electron chi connectivity index (χ2n) is 8.30. The number of nitrogen functional groups attached to an aromatic ring is 1. The van der Waals surface area contributed by atoms with E-state index in [-0.39, 0.29) is 11.2 Å². The van der Waals surface area contributed by atoms with Crippen LogP contribution in [0.25, 0.3) is 22.5 Å². The highest BCUT2D eigenvalue weighted by atomic mass is 79.9. The lowest BCUT2D eigenvalue weighted by atomic mass is 9.86. The highest BCUT2D eigenvalue weighted by Crippen LogP contribution is 2.40. The molecule has 0 saturated heterocycles. The molecule has 1 aliphatic rings. The fourth-order valence-electron chi connectivity index (χ4n) is 4.44. The molecule has 0 radical (unpaired) electrons. The summed E-state index contributed by atoms with van der Waals surface area (Å²) < 4.78 is 28.0. The minimum absolute atomic E-state index is 0.143. The first kappa shape index (κ1) is 21.1. The van der Waals surface area contributed by atoms with Crippen LogP contribution in [0.15, 0.2) is 53.4 Å². The van der Waals surface area contributed by atoms with Crippen LogP contribution in [0.1, 0.15) is 37.3 Å². The molecule has 3 heterocycles. The van der Waals surface area contributed by atoms with Crippen molar-refractivity contribution in [2.24, 2.45) is 0 Å². The third kappa shape index (κ3) is 3.71. The molecule has 0 unspecified atom stereocenters. The van der Waals surface area contributed by atoms with Crippen LogP contribution in [-0.2, 0) is 9.84 Å². The lowest BCUT2D eigenvalue weighted by molar-refractivity contribution is 0.430. The molecule has 1 aromatic carbocycles. The van der Waals surface area contributed by atoms with E-state index < -0.39 is 9.84 Å². The second-order valence-corrected chi connectivity index (χ2v) is 11.4. The van der Waals surface area contributed by atoms with Crippen molar-refractivity contribution < 1.29 is 8.42 Å². The topological polar surface area (TPSA) is 108 Å². The summed E-state index contributed by atoms with van der Waals surface area (Å²) in [5.74, 6) is 0.626. The van der Waals surface area contributed by atoms with Gasteiger partial charge in [0.2, 0.25) is 0 Å². The minimum Gasteiger partial charge on any atom is -0.383 e. The number of hydrogen-bond donors (Lipinski definition) is 1. The van der Waals surface area contributed by atoms with E-state index in [1.807, 2.05) is 41.2 Å². The van der Waals surface area contributed by atoms with E-state index in [2.05, 4.69) is 26.1 Å². The molecule has 3 aromatic heterocycles. The van der Waals surface area contributed by atoms with E-state index in [9.17, 15) is 8.42 Å². The maximum absolute atomic E-state index is 11.9. The maximum Gasteiger partial charge on any atom is 0.165 e. The fraction of sp³-hybridized carbons (Fsp3) is 0.318. The van der Waals surface area contributed by atoms with Gasteiger partial charge in [-0.05, 0) is 53.7 Å². The van der Waals surface area contributed by atoms with Gasteiger partial charge in [0.1, 0.15) is 15.7 Å². The molecule has 0 aliphatic heterocycles. The molecule has 0 atom stereocenters. The van der Waals surface area contributed by atoms with Gasteiger partial charge in [-0.15, -0.1) is 0 Å². The minimum atomic E-state index is -3.02. The molecular formula is C22H23BrN6O2S. The number of sulfone groups is 1. The van der Waals surface area contributed by atoms with Crippen molar-refractivity contribution in [1.82, 2.24) is 24.4 Å². The zero-order valence-electron chi connectivity index (χ0n) is 17.5. The van der Waals surface area contributed by atoms with E-state index in [1.54, 1.807) is 16.9 Å². The summed E-state index contributed by atoms with van der Waals surface area (Å²) in [7, 11) is -3.02. The summed E-state index contributed by atoms with van der Waals surface area (Å²) >= 11 is 3.61. The molecule has 1 saturated carbocycles. The highest BCUT2D eigenvalue weighted by Gasteiger charge is 2.31. The average molecular weight is 515 g/mol. The highest BCUT2D eigenvalue weighted by molar-refractivity contribution is 9.10. The summed E-state index contributed by atoms with van der Waals surface area (Å²) in [6.45, 7) is 0. The summed E-state index contributed by atoms with van der Waals surface area (Å²) in [6.07, 6.45) is 9.61. The van der Waals surface area contributed by atoms with Crippen molar-refractivity contribution in [3.8, 4) is 16.8 Å². The Bertz CT molecular complexity index is 1390. The number of halogens is 1. The van der Waals surface area contributed by atoms with Gasteiger partial charge in [-0.1, -0.05) is 18.2 Å². The Morgan fingerprint density at radius 1 is 1.06 bits per heavy atom. The molecule has 5 rings (SSSR count). The lowest BCUT2D eigenvalue weighted by Gasteiger charge is -2.28. The number of fused-ring (bicyclic) bond motifs is 1. The van der Waals surface area contributed by atoms with Gasteiger partial charge in [0.15, 0.2) is 5.65 Å². The molecule has 8 nitrogen and oxygen atoms in total. The largest absolute Gasteiger partial charge is 0.383 e. The van der Waals surface area contributed by atoms with Gasteiger partial charge in [-0.2, -0.15) is 14.7 Å². The number of anilines is 1. The number of hydrogen-bond acceptors (Lipinski definition) is 6. The summed E-state index contributed by atoms with van der Waals surface area (Å²) in [5.41, 5.74) is 10.6. The van der Waals surface area contributed by atoms with Crippen molar-refractivity contribution in [3.63, 3.8) is 0 Å². The van der Waals surface area contributed by atoms with E-state index in [0.717, 1.165) is 39.8 Å². The summed E-state index contributed by atoms with van der Waals surface area (Å²) in [4.78, 5) is 4.95. The number of nitrogens with two attached hydrogens (primary N) is 1. The molecule has 0 amide bonds. The Balaban J connectivity index is 1.52. The SMILES string of the molecule is CS(=O)(=O)C1CCC(c2nc3c(-c4cnn(-c5ccccc5)c4)cnn3c(N)c2Br)CC1. The van der Waals surface area contributed by atoms with Crippen molar-refractivity contribution in [3.05, 3.63) is 59.1 Å². The van der Waals surface area contributed by atoms with E-state index >= 15 is 0 Å². The molecule has 0 bridgehead atoms. The predicted molar refractivity (Wildman–Crippen MR) is 127 cm³/mol. The van der Waals surface area contributed by atoms with Gasteiger partial charge in [0, 0.05) is 29.5 Å². The van der Waals surface area contributed by atoms with E-state index in [0.29, 0.717) is 24.3 Å². The van der Waals surface area contributed by atoms with E-state index in [4.69, 9.17) is 10.7 Å². The molecule has 10 heteroatoms. The van der Waals surface area contributed by atoms with Crippen LogP contribution in [0.5, 0.6) is 0 Å². The fourth-order valence-corrected chi connectivity index (χ4v) is 6.14. The van der Waals surface area contributed by atoms with Crippen molar-refractivity contribution in [2.45, 2.75) is 36.9 Å². The average Bonchev–Trinajstić information content (AvgIpc) is 3.43. The standard InChI is InChI=1S/C22H23BrN6O2S/c1-32(30,31)17-9-7-14(8-10-17)20-19(23)21(24)29-22(27-20)18(12-26-29)15-11-25-28(13-15)16-5-3-2-4-6-16/h2-6,11-14,17H,7-10,24H2,1H3. The molecule has 166 valence electrons. The van der Waals surface area contributed by atoms with Crippen LogP contribution < -0.4 is 5.73 Å².